The number of Topliss-reactive ketones (excluding diaryl/α,β-unsaturated/α-hetero) is 2. The zero-order chi connectivity index (χ0) is 53.5. The van der Waals surface area contributed by atoms with Crippen LogP contribution in [0, 0.1) is 13.8 Å². The third-order valence-electron chi connectivity index (χ3n) is 15.0. The van der Waals surface area contributed by atoms with Crippen molar-refractivity contribution < 1.29 is 24.2 Å². The number of esters is 1. The summed E-state index contributed by atoms with van der Waals surface area (Å²) in [6.45, 7) is 8.63. The van der Waals surface area contributed by atoms with E-state index in [4.69, 9.17) is 16.3 Å². The molecule has 3 N–H and O–H groups in total. The number of aliphatic hydroxyl groups excluding tert-OH is 1. The first-order valence-electron chi connectivity index (χ1n) is 26.6. The van der Waals surface area contributed by atoms with Gasteiger partial charge in [-0.15, -0.1) is 0 Å². The number of para-hydroxylation sites is 2. The van der Waals surface area contributed by atoms with E-state index < -0.39 is 11.5 Å². The van der Waals surface area contributed by atoms with Gasteiger partial charge in [0.25, 0.3) is 0 Å². The highest BCUT2D eigenvalue weighted by Crippen LogP contribution is 2.48. The Kier molecular flexibility index (Phi) is 21.4. The van der Waals surface area contributed by atoms with Crippen LogP contribution in [0.5, 0.6) is 0 Å². The molecule has 4 heterocycles. The molecule has 10 rings (SSSR count). The number of carbonyl (C=O) groups is 3. The van der Waals surface area contributed by atoms with Crippen LogP contribution in [0.25, 0.3) is 0 Å². The number of hydrogen-bond acceptors (Lipinski definition) is 13. The van der Waals surface area contributed by atoms with Gasteiger partial charge < -0.3 is 35.2 Å². The van der Waals surface area contributed by atoms with Crippen molar-refractivity contribution in [1.29, 1.82) is 0 Å². The maximum Gasteiger partial charge on any atom is 0.316 e. The molecule has 5 aromatic rings. The van der Waals surface area contributed by atoms with Gasteiger partial charge in [-0.25, -0.2) is 0 Å². The number of piperidine rings is 1. The summed E-state index contributed by atoms with van der Waals surface area (Å²) in [7, 11) is 8.21. The Morgan fingerprint density at radius 2 is 1.56 bits per heavy atom. The first kappa shape index (κ1) is 57.7. The molecule has 1 saturated carbocycles. The number of anilines is 3. The third-order valence-corrected chi connectivity index (χ3v) is 17.4. The lowest BCUT2D eigenvalue weighted by Gasteiger charge is -2.36. The predicted molar refractivity (Wildman–Crippen MR) is 312 cm³/mol. The number of amidine groups is 1. The standard InChI is InChI=1S/C19H22N2OS.C17H23NO3.C13H16ClNO.C12H16N2S/c1-14(22)15-9-10-19-17(13-15)21(12-6-11-20(2)3)16-7-4-5-8-18(16)23-19;1-18-13-7-8-14(18)10-15(9-13)21-17(20)16(11-19)12-5-3-2-4-6-12;1-15-13(9-5-4-8-12(13)16)10-6-2-3-7-11(10)14;1-9-5-3-6-10(2)11(9)14-12-13-7-4-8-15-12/h4-5,7-10,13H,6,11-12H2,1-3H3;2-6,13-16,19H,7-11H2,1H3;2-3,6-7,15H,4-5,8-9H2,1H3;3,5-6H,4,7-8H2,1-2H3,(H,13,14)/t;13-,14+,15+,16?;;. The van der Waals surface area contributed by atoms with Crippen molar-refractivity contribution in [2.24, 2.45) is 4.99 Å². The summed E-state index contributed by atoms with van der Waals surface area (Å²) < 4.78 is 5.70. The Morgan fingerprint density at radius 3 is 2.20 bits per heavy atom. The largest absolute Gasteiger partial charge is 0.462 e. The minimum atomic E-state index is -0.566. The second kappa shape index (κ2) is 27.9. The van der Waals surface area contributed by atoms with Gasteiger partial charge >= 0.3 is 5.97 Å². The Morgan fingerprint density at radius 1 is 0.880 bits per heavy atom. The van der Waals surface area contributed by atoms with E-state index in [0.29, 0.717) is 23.5 Å². The van der Waals surface area contributed by atoms with E-state index in [1.807, 2.05) is 85.5 Å². The number of rotatable bonds is 12. The van der Waals surface area contributed by atoms with Gasteiger partial charge in [0.2, 0.25) is 0 Å². The van der Waals surface area contributed by atoms with Gasteiger partial charge in [-0.1, -0.05) is 126 Å². The maximum absolute atomic E-state index is 12.4. The fourth-order valence-electron chi connectivity index (χ4n) is 10.7. The average Bonchev–Trinajstić information content (AvgIpc) is 3.60. The molecule has 2 unspecified atom stereocenters. The van der Waals surface area contributed by atoms with Crippen molar-refractivity contribution in [3.63, 3.8) is 0 Å². The summed E-state index contributed by atoms with van der Waals surface area (Å²) in [6, 6.07) is 39.0. The SMILES string of the molecule is CC(=O)c1ccc2c(c1)N(CCCN(C)C)c1ccccc1S2.CN1[C@@H]2CC[C@H]1C[C@@H](OC(=O)C(CO)c1ccccc1)C2.CNC1(c2ccccc2Cl)CCCCC1=O.Cc1cccc(C)c1NC1=NCCCS1. The van der Waals surface area contributed by atoms with Crippen molar-refractivity contribution in [2.75, 3.05) is 70.4 Å². The average molecular weight is 1070 g/mol. The van der Waals surface area contributed by atoms with Crippen molar-refractivity contribution in [3.05, 3.63) is 148 Å². The second-order valence-electron chi connectivity index (χ2n) is 20.4. The lowest BCUT2D eigenvalue weighted by Crippen LogP contribution is -2.49. The highest BCUT2D eigenvalue weighted by molar-refractivity contribution is 8.14. The number of halogens is 1. The van der Waals surface area contributed by atoms with E-state index in [9.17, 15) is 19.5 Å². The van der Waals surface area contributed by atoms with E-state index in [1.165, 1.54) is 57.3 Å². The van der Waals surface area contributed by atoms with Gasteiger partial charge in [0, 0.05) is 63.4 Å². The number of ketones is 2. The van der Waals surface area contributed by atoms with E-state index in [2.05, 4.69) is 114 Å². The number of ether oxygens (including phenoxy) is 1. The molecule has 0 amide bonds. The van der Waals surface area contributed by atoms with Gasteiger partial charge in [0.05, 0.1) is 18.0 Å². The summed E-state index contributed by atoms with van der Waals surface area (Å²) in [5.41, 5.74) is 8.13. The number of likely N-dealkylation sites (N-methyl/N-ethyl adjacent to an activating group) is 1. The van der Waals surface area contributed by atoms with Gasteiger partial charge in [-0.3, -0.25) is 19.4 Å². The number of hydrogen-bond donors (Lipinski definition) is 3. The van der Waals surface area contributed by atoms with Crippen molar-refractivity contribution in [1.82, 2.24) is 15.1 Å². The molecule has 4 aliphatic heterocycles. The first-order valence-corrected chi connectivity index (χ1v) is 28.8. The highest BCUT2D eigenvalue weighted by atomic mass is 35.5. The normalized spacial score (nSPS) is 21.1. The van der Waals surface area contributed by atoms with Gasteiger partial charge in [-0.05, 0) is 159 Å². The van der Waals surface area contributed by atoms with Crippen LogP contribution in [0.15, 0.2) is 130 Å². The van der Waals surface area contributed by atoms with Crippen molar-refractivity contribution in [2.45, 2.75) is 124 Å². The van der Waals surface area contributed by atoms with E-state index in [0.717, 1.165) is 85.7 Å². The van der Waals surface area contributed by atoms with Crippen LogP contribution in [0.3, 0.4) is 0 Å². The molecule has 5 atom stereocenters. The summed E-state index contributed by atoms with van der Waals surface area (Å²) >= 11 is 9.80. The van der Waals surface area contributed by atoms with E-state index >= 15 is 0 Å². The number of aliphatic imine (C=N–C) groups is 1. The molecular weight excluding hydrogens is 996 g/mol. The van der Waals surface area contributed by atoms with E-state index in [-0.39, 0.29) is 30.2 Å². The molecule has 0 radical (unpaired) electrons. The molecule has 0 aromatic heterocycles. The summed E-state index contributed by atoms with van der Waals surface area (Å²) in [6.07, 6.45) is 10.1. The monoisotopic (exact) mass is 1070 g/mol. The molecule has 1 aliphatic carbocycles. The molecule has 75 heavy (non-hydrogen) atoms. The number of fused-ring (bicyclic) bond motifs is 4. The summed E-state index contributed by atoms with van der Waals surface area (Å²) in [5, 5.41) is 17.9. The zero-order valence-electron chi connectivity index (χ0n) is 44.9. The Balaban J connectivity index is 0.000000148. The fraction of sp³-hybridized carbons (Fsp3) is 0.443. The molecule has 14 heteroatoms. The number of aryl methyl sites for hydroxylation is 2. The number of benzene rings is 5. The highest BCUT2D eigenvalue weighted by Gasteiger charge is 2.42. The van der Waals surface area contributed by atoms with Gasteiger partial charge in [0.1, 0.15) is 17.6 Å². The smallest absolute Gasteiger partial charge is 0.316 e. The molecule has 5 aromatic carbocycles. The Labute approximate surface area is 459 Å². The number of carbonyl (C=O) groups excluding carboxylic acids is 3. The number of aliphatic hydroxyl groups is 1. The van der Waals surface area contributed by atoms with Crippen LogP contribution in [-0.2, 0) is 19.9 Å². The molecule has 5 aliphatic rings. The molecule has 0 spiro atoms. The Hall–Kier alpha value is -4.99. The van der Waals surface area contributed by atoms with Crippen LogP contribution in [0.4, 0.5) is 17.1 Å². The topological polar surface area (TPSA) is 127 Å². The summed E-state index contributed by atoms with van der Waals surface area (Å²) in [4.78, 5) is 50.3. The number of nitrogens with zero attached hydrogens (tertiary/aromatic N) is 4. The van der Waals surface area contributed by atoms with Crippen LogP contribution in [0.1, 0.15) is 110 Å². The van der Waals surface area contributed by atoms with E-state index in [1.54, 1.807) is 18.7 Å². The lowest BCUT2D eigenvalue weighted by atomic mass is 9.75. The van der Waals surface area contributed by atoms with Crippen molar-refractivity contribution in [3.8, 4) is 0 Å². The molecule has 2 saturated heterocycles. The fourth-order valence-corrected chi connectivity index (χ4v) is 12.9. The summed E-state index contributed by atoms with van der Waals surface area (Å²) in [5.74, 6) is 0.692. The predicted octanol–water partition coefficient (Wildman–Crippen LogP) is 12.5. The molecule has 2 bridgehead atoms. The molecule has 11 nitrogen and oxygen atoms in total. The number of nitrogens with one attached hydrogen (secondary N) is 2. The maximum atomic E-state index is 12.4. The molecular formula is C61H77ClN6O5S2. The first-order chi connectivity index (χ1) is 36.2. The zero-order valence-corrected chi connectivity index (χ0v) is 47.3. The quantitative estimate of drug-likeness (QED) is 0.0813. The minimum absolute atomic E-state index is 0.00367. The molecule has 400 valence electrons. The van der Waals surface area contributed by atoms with Crippen LogP contribution < -0.4 is 15.5 Å². The van der Waals surface area contributed by atoms with Crippen molar-refractivity contribution >= 4 is 74.9 Å². The van der Waals surface area contributed by atoms with Gasteiger partial charge in [0.15, 0.2) is 16.7 Å². The second-order valence-corrected chi connectivity index (χ2v) is 23.0. The number of thioether (sulfide) groups is 1. The third kappa shape index (κ3) is 14.9. The van der Waals surface area contributed by atoms with Crippen LogP contribution >= 0.6 is 35.1 Å². The minimum Gasteiger partial charge on any atom is -0.462 e. The molecule has 3 fully saturated rings. The Bertz CT molecular complexity index is 2710. The lowest BCUT2D eigenvalue weighted by molar-refractivity contribution is -0.155. The van der Waals surface area contributed by atoms with Crippen LogP contribution in [0.2, 0.25) is 5.02 Å². The van der Waals surface area contributed by atoms with Gasteiger partial charge in [-0.2, -0.15) is 0 Å². The van der Waals surface area contributed by atoms with Crippen LogP contribution in [-0.4, -0.2) is 116 Å².